The number of rotatable bonds is 8. The summed E-state index contributed by atoms with van der Waals surface area (Å²) in [7, 11) is -3.39. The molecule has 1 aromatic heterocycles. The Labute approximate surface area is 211 Å². The van der Waals surface area contributed by atoms with Gasteiger partial charge in [0, 0.05) is 30.6 Å². The average Bonchev–Trinajstić information content (AvgIpc) is 2.81. The summed E-state index contributed by atoms with van der Waals surface area (Å²) in [6.07, 6.45) is -3.25. The van der Waals surface area contributed by atoms with Crippen molar-refractivity contribution >= 4 is 21.5 Å². The fourth-order valence-corrected chi connectivity index (χ4v) is 4.38. The molecule has 0 atom stereocenters. The van der Waals surface area contributed by atoms with Crippen molar-refractivity contribution in [3.05, 3.63) is 92.9 Å². The molecule has 1 N–H and O–H groups in total. The maximum Gasteiger partial charge on any atom is 0.416 e. The molecule has 11 heteroatoms. The molecule has 7 nitrogen and oxygen atoms in total. The van der Waals surface area contributed by atoms with E-state index in [0.717, 1.165) is 23.0 Å². The Bertz CT molecular complexity index is 1510. The third-order valence-electron chi connectivity index (χ3n) is 5.78. The van der Waals surface area contributed by atoms with Crippen LogP contribution in [0.25, 0.3) is 5.69 Å². The van der Waals surface area contributed by atoms with Crippen LogP contribution in [0.5, 0.6) is 0 Å². The average molecular weight is 535 g/mol. The molecule has 0 saturated carbocycles. The Morgan fingerprint density at radius 1 is 1.03 bits per heavy atom. The third-order valence-corrected chi connectivity index (χ3v) is 6.91. The van der Waals surface area contributed by atoms with Crippen LogP contribution in [0.3, 0.4) is 0 Å². The van der Waals surface area contributed by atoms with E-state index in [1.165, 1.54) is 49.4 Å². The molecule has 3 rings (SSSR count). The minimum Gasteiger partial charge on any atom is -0.348 e. The van der Waals surface area contributed by atoms with E-state index in [9.17, 15) is 36.0 Å². The molecule has 0 aliphatic carbocycles. The fraction of sp³-hybridized carbons (Fsp3) is 0.269. The molecule has 0 spiro atoms. The van der Waals surface area contributed by atoms with Crippen molar-refractivity contribution in [2.75, 3.05) is 6.26 Å². The number of amides is 1. The number of sulfone groups is 1. The minimum atomic E-state index is -4.63. The summed E-state index contributed by atoms with van der Waals surface area (Å²) in [4.78, 5) is 38.0. The Morgan fingerprint density at radius 2 is 1.68 bits per heavy atom. The number of aryl methyl sites for hydroxylation is 1. The largest absolute Gasteiger partial charge is 0.416 e. The SMILES string of the molecule is CC(=O)CCc1cc(C(=O)NCc2ccc(S(C)(=O)=O)cc2)c(=O)n(-c2cccc(C(F)(F)F)c2)c1C. The van der Waals surface area contributed by atoms with E-state index in [1.807, 2.05) is 0 Å². The van der Waals surface area contributed by atoms with Gasteiger partial charge < -0.3 is 10.1 Å². The summed E-state index contributed by atoms with van der Waals surface area (Å²) >= 11 is 0. The number of hydrogen-bond acceptors (Lipinski definition) is 5. The van der Waals surface area contributed by atoms with E-state index in [0.29, 0.717) is 16.8 Å². The number of nitrogens with one attached hydrogen (secondary N) is 1. The number of alkyl halides is 3. The second-order valence-corrected chi connectivity index (χ2v) is 10.7. The second-order valence-electron chi connectivity index (χ2n) is 8.66. The maximum absolute atomic E-state index is 13.3. The molecular formula is C26H25F3N2O5S. The van der Waals surface area contributed by atoms with Gasteiger partial charge in [0.25, 0.3) is 11.5 Å². The van der Waals surface area contributed by atoms with Crippen LogP contribution in [-0.2, 0) is 33.8 Å². The molecule has 2 aromatic carbocycles. The molecule has 0 fully saturated rings. The zero-order chi connectivity index (χ0) is 27.5. The smallest absolute Gasteiger partial charge is 0.348 e. The molecule has 1 heterocycles. The van der Waals surface area contributed by atoms with E-state index in [4.69, 9.17) is 0 Å². The predicted molar refractivity (Wildman–Crippen MR) is 132 cm³/mol. The lowest BCUT2D eigenvalue weighted by Crippen LogP contribution is -2.34. The number of carbonyl (C=O) groups is 2. The van der Waals surface area contributed by atoms with Crippen LogP contribution in [0, 0.1) is 6.92 Å². The van der Waals surface area contributed by atoms with Gasteiger partial charge in [-0.15, -0.1) is 0 Å². The number of nitrogens with zero attached hydrogens (tertiary/aromatic N) is 1. The quantitative estimate of drug-likeness (QED) is 0.470. The lowest BCUT2D eigenvalue weighted by molar-refractivity contribution is -0.137. The highest BCUT2D eigenvalue weighted by molar-refractivity contribution is 7.90. The van der Waals surface area contributed by atoms with Gasteiger partial charge in [0.2, 0.25) is 0 Å². The van der Waals surface area contributed by atoms with Crippen molar-refractivity contribution < 1.29 is 31.2 Å². The van der Waals surface area contributed by atoms with Gasteiger partial charge in [0.05, 0.1) is 10.5 Å². The number of Topliss-reactive ketones (excluding diaryl/α,β-unsaturated/α-hetero) is 1. The molecule has 0 aliphatic rings. The van der Waals surface area contributed by atoms with E-state index in [2.05, 4.69) is 5.32 Å². The third kappa shape index (κ3) is 6.73. The van der Waals surface area contributed by atoms with Crippen LogP contribution in [0.4, 0.5) is 13.2 Å². The van der Waals surface area contributed by atoms with Crippen LogP contribution in [0.15, 0.2) is 64.3 Å². The molecule has 37 heavy (non-hydrogen) atoms. The Kier molecular flexibility index (Phi) is 8.06. The van der Waals surface area contributed by atoms with E-state index >= 15 is 0 Å². The van der Waals surface area contributed by atoms with Gasteiger partial charge in [0.15, 0.2) is 9.84 Å². The number of carbonyl (C=O) groups excluding carboxylic acids is 2. The summed E-state index contributed by atoms with van der Waals surface area (Å²) in [5.74, 6) is -0.887. The molecule has 0 saturated heterocycles. The molecule has 0 unspecified atom stereocenters. The molecule has 0 bridgehead atoms. The monoisotopic (exact) mass is 534 g/mol. The first kappa shape index (κ1) is 27.9. The molecule has 0 radical (unpaired) electrons. The zero-order valence-electron chi connectivity index (χ0n) is 20.3. The summed E-state index contributed by atoms with van der Waals surface area (Å²) < 4.78 is 64.2. The van der Waals surface area contributed by atoms with Crippen LogP contribution in [0.2, 0.25) is 0 Å². The van der Waals surface area contributed by atoms with Crippen molar-refractivity contribution in [3.63, 3.8) is 0 Å². The molecular weight excluding hydrogens is 509 g/mol. The Balaban J connectivity index is 2.02. The highest BCUT2D eigenvalue weighted by Crippen LogP contribution is 2.30. The summed E-state index contributed by atoms with van der Waals surface area (Å²) in [5, 5.41) is 2.59. The minimum absolute atomic E-state index is 0.0253. The standard InChI is InChI=1S/C26H25F3N2O5S/c1-16(32)7-10-19-13-23(24(33)30-15-18-8-11-22(12-9-18)37(3,35)36)25(34)31(17(19)2)21-6-4-5-20(14-21)26(27,28)29/h4-6,8-9,11-14H,7,10,15H2,1-3H3,(H,30,33). The first-order valence-corrected chi connectivity index (χ1v) is 13.1. The summed E-state index contributed by atoms with van der Waals surface area (Å²) in [6, 6.07) is 11.4. The van der Waals surface area contributed by atoms with Gasteiger partial charge in [-0.05, 0) is 67.8 Å². The molecule has 3 aromatic rings. The Morgan fingerprint density at radius 3 is 2.24 bits per heavy atom. The number of pyridine rings is 1. The van der Waals surface area contributed by atoms with Gasteiger partial charge in [-0.1, -0.05) is 18.2 Å². The van der Waals surface area contributed by atoms with E-state index in [1.54, 1.807) is 6.92 Å². The maximum atomic E-state index is 13.3. The topological polar surface area (TPSA) is 102 Å². The van der Waals surface area contributed by atoms with E-state index < -0.39 is 33.0 Å². The van der Waals surface area contributed by atoms with Crippen molar-refractivity contribution in [2.45, 2.75) is 44.3 Å². The van der Waals surface area contributed by atoms with Gasteiger partial charge >= 0.3 is 6.18 Å². The number of hydrogen-bond donors (Lipinski definition) is 1. The number of benzene rings is 2. The van der Waals surface area contributed by atoms with Crippen LogP contribution < -0.4 is 10.9 Å². The molecule has 1 amide bonds. The lowest BCUT2D eigenvalue weighted by Gasteiger charge is -2.18. The highest BCUT2D eigenvalue weighted by atomic mass is 32.2. The van der Waals surface area contributed by atoms with Crippen LogP contribution in [0.1, 0.15) is 46.1 Å². The first-order chi connectivity index (χ1) is 17.2. The van der Waals surface area contributed by atoms with Gasteiger partial charge in [0.1, 0.15) is 11.3 Å². The lowest BCUT2D eigenvalue weighted by atomic mass is 10.0. The Hall–Kier alpha value is -3.73. The summed E-state index contributed by atoms with van der Waals surface area (Å²) in [6.45, 7) is 2.91. The summed E-state index contributed by atoms with van der Waals surface area (Å²) in [5.41, 5.74) is -0.764. The van der Waals surface area contributed by atoms with Crippen molar-refractivity contribution in [3.8, 4) is 5.69 Å². The molecule has 196 valence electrons. The number of halogens is 3. The number of aromatic nitrogens is 1. The van der Waals surface area contributed by atoms with Crippen LogP contribution >= 0.6 is 0 Å². The first-order valence-electron chi connectivity index (χ1n) is 11.2. The van der Waals surface area contributed by atoms with Gasteiger partial charge in [-0.3, -0.25) is 14.2 Å². The van der Waals surface area contributed by atoms with Crippen molar-refractivity contribution in [1.29, 1.82) is 0 Å². The number of ketones is 1. The zero-order valence-corrected chi connectivity index (χ0v) is 21.2. The predicted octanol–water partition coefficient (Wildman–Crippen LogP) is 4.02. The van der Waals surface area contributed by atoms with Gasteiger partial charge in [-0.25, -0.2) is 8.42 Å². The van der Waals surface area contributed by atoms with E-state index in [-0.39, 0.29) is 41.3 Å². The van der Waals surface area contributed by atoms with Crippen molar-refractivity contribution in [2.24, 2.45) is 0 Å². The normalized spacial score (nSPS) is 11.8. The molecule has 0 aliphatic heterocycles. The van der Waals surface area contributed by atoms with Crippen molar-refractivity contribution in [1.82, 2.24) is 9.88 Å². The van der Waals surface area contributed by atoms with Gasteiger partial charge in [-0.2, -0.15) is 13.2 Å². The fourth-order valence-electron chi connectivity index (χ4n) is 3.75. The second kappa shape index (κ2) is 10.7. The van der Waals surface area contributed by atoms with Crippen LogP contribution in [-0.4, -0.2) is 30.9 Å². The highest BCUT2D eigenvalue weighted by Gasteiger charge is 2.31.